The highest BCUT2D eigenvalue weighted by Crippen LogP contribution is 2.33. The second-order valence-corrected chi connectivity index (χ2v) is 6.36. The van der Waals surface area contributed by atoms with Crippen molar-refractivity contribution in [2.75, 3.05) is 24.2 Å². The molecule has 0 amide bonds. The molecule has 0 radical (unpaired) electrons. The van der Waals surface area contributed by atoms with E-state index < -0.39 is 5.97 Å². The van der Waals surface area contributed by atoms with Crippen molar-refractivity contribution in [1.82, 2.24) is 0 Å². The summed E-state index contributed by atoms with van der Waals surface area (Å²) in [5, 5.41) is 9.50. The molecule has 0 bridgehead atoms. The Morgan fingerprint density at radius 1 is 1.32 bits per heavy atom. The standard InChI is InChI=1S/C15H21NO2S/c1-10-7-11(2)9-16(8-10)12-5-4-6-13(19-3)14(12)15(17)18/h4-6,10-11H,7-9H2,1-3H3,(H,17,18). The van der Waals surface area contributed by atoms with Crippen LogP contribution in [0.2, 0.25) is 0 Å². The van der Waals surface area contributed by atoms with Gasteiger partial charge in [0.05, 0.1) is 11.3 Å². The molecule has 0 aromatic heterocycles. The van der Waals surface area contributed by atoms with Gasteiger partial charge < -0.3 is 10.0 Å². The Morgan fingerprint density at radius 2 is 1.95 bits per heavy atom. The summed E-state index contributed by atoms with van der Waals surface area (Å²) in [7, 11) is 0. The van der Waals surface area contributed by atoms with E-state index in [1.54, 1.807) is 0 Å². The predicted molar refractivity (Wildman–Crippen MR) is 80.3 cm³/mol. The fourth-order valence-corrected chi connectivity index (χ4v) is 3.64. The summed E-state index contributed by atoms with van der Waals surface area (Å²) >= 11 is 1.50. The average Bonchev–Trinajstić information content (AvgIpc) is 2.36. The molecular weight excluding hydrogens is 258 g/mol. The third kappa shape index (κ3) is 3.06. The summed E-state index contributed by atoms with van der Waals surface area (Å²) in [5.74, 6) is 0.400. The molecule has 19 heavy (non-hydrogen) atoms. The van der Waals surface area contributed by atoms with Crippen molar-refractivity contribution in [2.24, 2.45) is 11.8 Å². The first-order valence-electron chi connectivity index (χ1n) is 6.68. The lowest BCUT2D eigenvalue weighted by Gasteiger charge is -2.37. The van der Waals surface area contributed by atoms with E-state index in [0.29, 0.717) is 17.4 Å². The largest absolute Gasteiger partial charge is 0.478 e. The molecule has 2 atom stereocenters. The molecule has 0 aliphatic carbocycles. The third-order valence-corrected chi connectivity index (χ3v) is 4.43. The van der Waals surface area contributed by atoms with Crippen molar-refractivity contribution in [3.63, 3.8) is 0 Å². The number of hydrogen-bond donors (Lipinski definition) is 1. The molecule has 0 saturated carbocycles. The van der Waals surface area contributed by atoms with Crippen LogP contribution >= 0.6 is 11.8 Å². The van der Waals surface area contributed by atoms with Gasteiger partial charge in [0.1, 0.15) is 0 Å². The Kier molecular flexibility index (Phi) is 4.40. The van der Waals surface area contributed by atoms with Crippen molar-refractivity contribution in [3.05, 3.63) is 23.8 Å². The molecule has 1 aromatic carbocycles. The molecular formula is C15H21NO2S. The van der Waals surface area contributed by atoms with E-state index in [0.717, 1.165) is 23.7 Å². The van der Waals surface area contributed by atoms with Crippen LogP contribution in [0, 0.1) is 11.8 Å². The molecule has 1 heterocycles. The van der Waals surface area contributed by atoms with Crippen molar-refractivity contribution in [3.8, 4) is 0 Å². The first-order chi connectivity index (χ1) is 9.02. The van der Waals surface area contributed by atoms with Gasteiger partial charge >= 0.3 is 5.97 Å². The van der Waals surface area contributed by atoms with Gasteiger partial charge in [-0.1, -0.05) is 19.9 Å². The average molecular weight is 279 g/mol. The number of thioether (sulfide) groups is 1. The summed E-state index contributed by atoms with van der Waals surface area (Å²) in [6, 6.07) is 5.78. The van der Waals surface area contributed by atoms with E-state index in [2.05, 4.69) is 18.7 Å². The maximum absolute atomic E-state index is 11.6. The van der Waals surface area contributed by atoms with Gasteiger partial charge in [0.15, 0.2) is 0 Å². The van der Waals surface area contributed by atoms with Crippen LogP contribution in [0.15, 0.2) is 23.1 Å². The Morgan fingerprint density at radius 3 is 2.47 bits per heavy atom. The number of carbonyl (C=O) groups is 1. The van der Waals surface area contributed by atoms with Gasteiger partial charge in [0, 0.05) is 18.0 Å². The molecule has 1 fully saturated rings. The van der Waals surface area contributed by atoms with Crippen LogP contribution in [0.3, 0.4) is 0 Å². The number of carboxylic acid groups (broad SMARTS) is 1. The summed E-state index contributed by atoms with van der Waals surface area (Å²) in [6.07, 6.45) is 3.15. The summed E-state index contributed by atoms with van der Waals surface area (Å²) in [6.45, 7) is 6.37. The van der Waals surface area contributed by atoms with Crippen molar-refractivity contribution in [2.45, 2.75) is 25.2 Å². The number of carboxylic acids is 1. The SMILES string of the molecule is CSc1cccc(N2CC(C)CC(C)C2)c1C(=O)O. The van der Waals surface area contributed by atoms with Gasteiger partial charge in [0.25, 0.3) is 0 Å². The number of piperidine rings is 1. The zero-order valence-corrected chi connectivity index (χ0v) is 12.5. The third-order valence-electron chi connectivity index (χ3n) is 3.65. The first kappa shape index (κ1) is 14.3. The molecule has 1 N–H and O–H groups in total. The van der Waals surface area contributed by atoms with E-state index in [9.17, 15) is 9.90 Å². The molecule has 1 aliphatic rings. The number of hydrogen-bond acceptors (Lipinski definition) is 3. The fraction of sp³-hybridized carbons (Fsp3) is 0.533. The zero-order chi connectivity index (χ0) is 14.0. The lowest BCUT2D eigenvalue weighted by atomic mass is 9.91. The lowest BCUT2D eigenvalue weighted by Crippen LogP contribution is -2.39. The van der Waals surface area contributed by atoms with Gasteiger partial charge in [0.2, 0.25) is 0 Å². The van der Waals surface area contributed by atoms with Gasteiger partial charge in [-0.3, -0.25) is 0 Å². The molecule has 1 saturated heterocycles. The van der Waals surface area contributed by atoms with Crippen molar-refractivity contribution >= 4 is 23.4 Å². The Hall–Kier alpha value is -1.16. The van der Waals surface area contributed by atoms with Crippen molar-refractivity contribution < 1.29 is 9.90 Å². The minimum Gasteiger partial charge on any atom is -0.478 e. The number of benzene rings is 1. The minimum atomic E-state index is -0.828. The molecule has 1 aromatic rings. The van der Waals surface area contributed by atoms with Crippen LogP contribution in [0.5, 0.6) is 0 Å². The van der Waals surface area contributed by atoms with Gasteiger partial charge in [-0.2, -0.15) is 0 Å². The molecule has 2 unspecified atom stereocenters. The normalized spacial score (nSPS) is 23.4. The van der Waals surface area contributed by atoms with E-state index in [4.69, 9.17) is 0 Å². The summed E-state index contributed by atoms with van der Waals surface area (Å²) in [5.41, 5.74) is 1.33. The Labute approximate surface area is 119 Å². The van der Waals surface area contributed by atoms with Gasteiger partial charge in [-0.25, -0.2) is 4.79 Å². The molecule has 2 rings (SSSR count). The summed E-state index contributed by atoms with van der Waals surface area (Å²) < 4.78 is 0. The monoisotopic (exact) mass is 279 g/mol. The zero-order valence-electron chi connectivity index (χ0n) is 11.7. The van der Waals surface area contributed by atoms with Crippen LogP contribution in [0.1, 0.15) is 30.6 Å². The molecule has 3 nitrogen and oxygen atoms in total. The van der Waals surface area contributed by atoms with Gasteiger partial charge in [-0.15, -0.1) is 11.8 Å². The number of aromatic carboxylic acids is 1. The second kappa shape index (κ2) is 5.87. The Bertz CT molecular complexity index is 465. The van der Waals surface area contributed by atoms with Crippen LogP contribution in [-0.2, 0) is 0 Å². The van der Waals surface area contributed by atoms with Crippen LogP contribution < -0.4 is 4.90 Å². The summed E-state index contributed by atoms with van der Waals surface area (Å²) in [4.78, 5) is 14.6. The maximum atomic E-state index is 11.6. The Balaban J connectivity index is 2.41. The highest BCUT2D eigenvalue weighted by atomic mass is 32.2. The second-order valence-electron chi connectivity index (χ2n) is 5.51. The fourth-order valence-electron chi connectivity index (χ4n) is 3.03. The molecule has 4 heteroatoms. The minimum absolute atomic E-state index is 0.455. The molecule has 1 aliphatic heterocycles. The van der Waals surface area contributed by atoms with Crippen LogP contribution in [-0.4, -0.2) is 30.4 Å². The van der Waals surface area contributed by atoms with Gasteiger partial charge in [-0.05, 0) is 36.6 Å². The number of nitrogens with zero attached hydrogens (tertiary/aromatic N) is 1. The smallest absolute Gasteiger partial charge is 0.338 e. The quantitative estimate of drug-likeness (QED) is 0.858. The highest BCUT2D eigenvalue weighted by Gasteiger charge is 2.26. The number of rotatable bonds is 3. The molecule has 104 valence electrons. The number of anilines is 1. The maximum Gasteiger partial charge on any atom is 0.338 e. The van der Waals surface area contributed by atoms with E-state index >= 15 is 0 Å². The van der Waals surface area contributed by atoms with Crippen LogP contribution in [0.25, 0.3) is 0 Å². The lowest BCUT2D eigenvalue weighted by molar-refractivity contribution is 0.0693. The first-order valence-corrected chi connectivity index (χ1v) is 7.90. The van der Waals surface area contributed by atoms with Crippen LogP contribution in [0.4, 0.5) is 5.69 Å². The topological polar surface area (TPSA) is 40.5 Å². The highest BCUT2D eigenvalue weighted by molar-refractivity contribution is 7.98. The van der Waals surface area contributed by atoms with E-state index in [-0.39, 0.29) is 0 Å². The molecule has 0 spiro atoms. The van der Waals surface area contributed by atoms with Crippen molar-refractivity contribution in [1.29, 1.82) is 0 Å². The van der Waals surface area contributed by atoms with E-state index in [1.807, 2.05) is 24.5 Å². The predicted octanol–water partition coefficient (Wildman–Crippen LogP) is 3.59. The van der Waals surface area contributed by atoms with E-state index in [1.165, 1.54) is 18.2 Å².